The Morgan fingerprint density at radius 3 is 2.23 bits per heavy atom. The zero-order chi connectivity index (χ0) is 22.1. The van der Waals surface area contributed by atoms with E-state index in [1.54, 1.807) is 7.11 Å². The molecule has 7 heteroatoms. The fourth-order valence-corrected chi connectivity index (χ4v) is 4.09. The average Bonchev–Trinajstić information content (AvgIpc) is 2.78. The molecule has 3 aromatic rings. The molecule has 1 amide bonds. The number of para-hydroxylation sites is 1. The smallest absolute Gasteiger partial charge is 0.237 e. The first kappa shape index (κ1) is 22.7. The summed E-state index contributed by atoms with van der Waals surface area (Å²) in [5.74, 6) is 0.723. The predicted octanol–water partition coefficient (Wildman–Crippen LogP) is 6.01. The van der Waals surface area contributed by atoms with E-state index < -0.39 is 0 Å². The van der Waals surface area contributed by atoms with Crippen molar-refractivity contribution in [3.05, 3.63) is 78.9 Å². The number of methoxy groups -OCH3 is 1. The number of thioether (sulfide) groups is 1. The van der Waals surface area contributed by atoms with Gasteiger partial charge in [-0.2, -0.15) is 0 Å². The second-order valence-electron chi connectivity index (χ2n) is 6.71. The maximum atomic E-state index is 12.8. The van der Waals surface area contributed by atoms with Crippen molar-refractivity contribution in [1.29, 1.82) is 0 Å². The normalized spacial score (nSPS) is 11.3. The second kappa shape index (κ2) is 11.4. The Hall–Kier alpha value is -3.03. The van der Waals surface area contributed by atoms with E-state index in [4.69, 9.17) is 17.0 Å². The van der Waals surface area contributed by atoms with Crippen LogP contribution in [0.3, 0.4) is 0 Å². The van der Waals surface area contributed by atoms with Gasteiger partial charge >= 0.3 is 0 Å². The first-order valence-electron chi connectivity index (χ1n) is 9.92. The minimum Gasteiger partial charge on any atom is -0.497 e. The monoisotopic (exact) mass is 451 g/mol. The highest BCUT2D eigenvalue weighted by atomic mass is 32.2. The summed E-state index contributed by atoms with van der Waals surface area (Å²) in [6.45, 7) is 2.01. The molecule has 0 radical (unpaired) electrons. The summed E-state index contributed by atoms with van der Waals surface area (Å²) in [5, 5.41) is 9.63. The van der Waals surface area contributed by atoms with E-state index in [0.717, 1.165) is 27.7 Å². The second-order valence-corrected chi connectivity index (χ2v) is 8.39. The predicted molar refractivity (Wildman–Crippen MR) is 134 cm³/mol. The fourth-order valence-electron chi connectivity index (χ4n) is 2.85. The summed E-state index contributed by atoms with van der Waals surface area (Å²) >= 11 is 6.93. The average molecular weight is 452 g/mol. The molecule has 0 saturated heterocycles. The van der Waals surface area contributed by atoms with Crippen LogP contribution in [0.1, 0.15) is 13.3 Å². The van der Waals surface area contributed by atoms with E-state index in [1.165, 1.54) is 11.8 Å². The molecule has 0 saturated carbocycles. The van der Waals surface area contributed by atoms with Crippen LogP contribution in [0, 0.1) is 0 Å². The zero-order valence-corrected chi connectivity index (χ0v) is 19.1. The number of thiocarbonyl (C=S) groups is 1. The van der Waals surface area contributed by atoms with Crippen LogP contribution < -0.4 is 20.7 Å². The molecule has 1 atom stereocenters. The molecule has 3 rings (SSSR count). The molecule has 0 aliphatic carbocycles. The Balaban J connectivity index is 1.59. The van der Waals surface area contributed by atoms with Crippen molar-refractivity contribution in [1.82, 2.24) is 0 Å². The molecule has 3 N–H and O–H groups in total. The molecule has 0 aliphatic rings. The Morgan fingerprint density at radius 1 is 0.903 bits per heavy atom. The largest absolute Gasteiger partial charge is 0.497 e. The Labute approximate surface area is 192 Å². The van der Waals surface area contributed by atoms with Crippen LogP contribution in [0.4, 0.5) is 17.1 Å². The van der Waals surface area contributed by atoms with Gasteiger partial charge in [-0.1, -0.05) is 31.2 Å². The molecule has 0 spiro atoms. The van der Waals surface area contributed by atoms with E-state index in [0.29, 0.717) is 11.5 Å². The summed E-state index contributed by atoms with van der Waals surface area (Å²) in [4.78, 5) is 13.7. The number of ether oxygens (including phenoxy) is 1. The third-order valence-electron chi connectivity index (χ3n) is 4.42. The van der Waals surface area contributed by atoms with Gasteiger partial charge in [0.1, 0.15) is 5.75 Å². The highest BCUT2D eigenvalue weighted by Crippen LogP contribution is 2.29. The third kappa shape index (κ3) is 7.01. The van der Waals surface area contributed by atoms with Gasteiger partial charge in [-0.15, -0.1) is 11.8 Å². The number of carbonyl (C=O) groups excluding carboxylic acids is 1. The summed E-state index contributed by atoms with van der Waals surface area (Å²) in [6.07, 6.45) is 0.707. The van der Waals surface area contributed by atoms with Crippen LogP contribution in [0.2, 0.25) is 0 Å². The van der Waals surface area contributed by atoms with Gasteiger partial charge in [0.2, 0.25) is 5.91 Å². The Kier molecular flexibility index (Phi) is 8.32. The standard InChI is InChI=1S/C24H25N3O2S2/c1-3-22(23(28)25-18-12-14-20(29-2)15-13-18)31-21-11-7-10-19(16-21)27-24(30)26-17-8-5-4-6-9-17/h4-16,22H,3H2,1-2H3,(H,25,28)(H2,26,27,30). The van der Waals surface area contributed by atoms with Gasteiger partial charge in [-0.05, 0) is 73.2 Å². The SMILES string of the molecule is CCC(Sc1cccc(NC(=S)Nc2ccccc2)c1)C(=O)Nc1ccc(OC)cc1. The zero-order valence-electron chi connectivity index (χ0n) is 17.4. The lowest BCUT2D eigenvalue weighted by molar-refractivity contribution is -0.115. The lowest BCUT2D eigenvalue weighted by Crippen LogP contribution is -2.24. The summed E-state index contributed by atoms with van der Waals surface area (Å²) in [6, 6.07) is 25.0. The van der Waals surface area contributed by atoms with E-state index in [-0.39, 0.29) is 11.2 Å². The van der Waals surface area contributed by atoms with Crippen molar-refractivity contribution in [3.63, 3.8) is 0 Å². The number of hydrogen-bond acceptors (Lipinski definition) is 4. The number of nitrogens with one attached hydrogen (secondary N) is 3. The molecule has 1 unspecified atom stereocenters. The molecule has 31 heavy (non-hydrogen) atoms. The molecule has 3 aromatic carbocycles. The van der Waals surface area contributed by atoms with Crippen molar-refractivity contribution in [2.45, 2.75) is 23.5 Å². The van der Waals surface area contributed by atoms with Crippen LogP contribution in [-0.2, 0) is 4.79 Å². The molecule has 5 nitrogen and oxygen atoms in total. The number of benzene rings is 3. The summed E-state index contributed by atoms with van der Waals surface area (Å²) in [7, 11) is 1.62. The Bertz CT molecular complexity index is 1010. The van der Waals surface area contributed by atoms with Crippen LogP contribution in [0.25, 0.3) is 0 Å². The van der Waals surface area contributed by atoms with E-state index in [9.17, 15) is 4.79 Å². The van der Waals surface area contributed by atoms with Crippen LogP contribution in [0.15, 0.2) is 83.8 Å². The maximum absolute atomic E-state index is 12.8. The number of carbonyl (C=O) groups is 1. The van der Waals surface area contributed by atoms with Gasteiger partial charge < -0.3 is 20.7 Å². The van der Waals surface area contributed by atoms with Gasteiger partial charge in [-0.25, -0.2) is 0 Å². The van der Waals surface area contributed by atoms with Gasteiger partial charge in [0.15, 0.2) is 5.11 Å². The van der Waals surface area contributed by atoms with Crippen molar-refractivity contribution >= 4 is 52.1 Å². The van der Waals surface area contributed by atoms with Crippen LogP contribution in [0.5, 0.6) is 5.75 Å². The molecular weight excluding hydrogens is 426 g/mol. The topological polar surface area (TPSA) is 62.4 Å². The third-order valence-corrected chi connectivity index (χ3v) is 5.98. The van der Waals surface area contributed by atoms with E-state index >= 15 is 0 Å². The number of anilines is 3. The fraction of sp³-hybridized carbons (Fsp3) is 0.167. The minimum absolute atomic E-state index is 0.0303. The van der Waals surface area contributed by atoms with Gasteiger partial charge in [0.05, 0.1) is 12.4 Å². The van der Waals surface area contributed by atoms with Gasteiger partial charge in [-0.3, -0.25) is 4.79 Å². The maximum Gasteiger partial charge on any atom is 0.237 e. The van der Waals surface area contributed by atoms with Crippen molar-refractivity contribution in [2.75, 3.05) is 23.1 Å². The summed E-state index contributed by atoms with van der Waals surface area (Å²) in [5.41, 5.74) is 2.54. The van der Waals surface area contributed by atoms with Crippen LogP contribution in [-0.4, -0.2) is 23.4 Å². The molecular formula is C24H25N3O2S2. The van der Waals surface area contributed by atoms with E-state index in [1.807, 2.05) is 85.8 Å². The minimum atomic E-state index is -0.216. The van der Waals surface area contributed by atoms with Gasteiger partial charge in [0.25, 0.3) is 0 Å². The molecule has 0 bridgehead atoms. The Morgan fingerprint density at radius 2 is 1.55 bits per heavy atom. The molecule has 0 heterocycles. The van der Waals surface area contributed by atoms with E-state index in [2.05, 4.69) is 16.0 Å². The van der Waals surface area contributed by atoms with Crippen molar-refractivity contribution in [2.24, 2.45) is 0 Å². The molecule has 0 aromatic heterocycles. The first-order valence-corrected chi connectivity index (χ1v) is 11.2. The molecule has 0 fully saturated rings. The van der Waals surface area contributed by atoms with Crippen molar-refractivity contribution in [3.8, 4) is 5.75 Å². The van der Waals surface area contributed by atoms with Crippen LogP contribution >= 0.6 is 24.0 Å². The number of hydrogen-bond donors (Lipinski definition) is 3. The highest BCUT2D eigenvalue weighted by Gasteiger charge is 2.18. The molecule has 160 valence electrons. The summed E-state index contributed by atoms with van der Waals surface area (Å²) < 4.78 is 5.16. The first-order chi connectivity index (χ1) is 15.1. The highest BCUT2D eigenvalue weighted by molar-refractivity contribution is 8.00. The molecule has 0 aliphatic heterocycles. The number of amides is 1. The van der Waals surface area contributed by atoms with Gasteiger partial charge in [0, 0.05) is 22.0 Å². The lowest BCUT2D eigenvalue weighted by Gasteiger charge is -2.16. The van der Waals surface area contributed by atoms with Crippen molar-refractivity contribution < 1.29 is 9.53 Å². The quantitative estimate of drug-likeness (QED) is 0.288. The number of rotatable bonds is 8. The lowest BCUT2D eigenvalue weighted by atomic mass is 10.2.